The van der Waals surface area contributed by atoms with Crippen molar-refractivity contribution in [2.24, 2.45) is 11.8 Å². The molecule has 0 N–H and O–H groups in total. The molecule has 2 heterocycles. The van der Waals surface area contributed by atoms with Crippen molar-refractivity contribution >= 4 is 0 Å². The Labute approximate surface area is 122 Å². The van der Waals surface area contributed by atoms with Gasteiger partial charge < -0.3 is 18.9 Å². The fraction of sp³-hybridized carbons (Fsp3) is 1.00. The molecule has 1 saturated carbocycles. The fourth-order valence-electron chi connectivity index (χ4n) is 4.22. The van der Waals surface area contributed by atoms with E-state index in [0.29, 0.717) is 12.0 Å². The molecule has 0 aromatic heterocycles. The van der Waals surface area contributed by atoms with Crippen LogP contribution in [0.4, 0.5) is 0 Å². The van der Waals surface area contributed by atoms with Gasteiger partial charge in [0.05, 0.1) is 30.8 Å². The summed E-state index contributed by atoms with van der Waals surface area (Å²) in [6.07, 6.45) is 3.84. The zero-order valence-electron chi connectivity index (χ0n) is 13.3. The van der Waals surface area contributed by atoms with Gasteiger partial charge in [-0.15, -0.1) is 0 Å². The number of epoxide rings is 2. The standard InChI is InChI=1S/C16H28O4/c1-10(2)6-7-12-15(3,20-12)14-13(18-5)11(17-4)8-16(14)9-19-16/h10-14H,6-9H2,1-5H3/t11-,12?,13-,14?,15+,16+/m1/s1. The number of rotatable bonds is 6. The van der Waals surface area contributed by atoms with Crippen molar-refractivity contribution in [1.82, 2.24) is 0 Å². The SMILES string of the molecule is CO[C@@H]1C[C@]2(CO2)C([C@@]2(C)OC2CCC(C)C)[C@@H]1OC. The van der Waals surface area contributed by atoms with Gasteiger partial charge in [-0.3, -0.25) is 0 Å². The fourth-order valence-corrected chi connectivity index (χ4v) is 4.22. The Morgan fingerprint density at radius 3 is 2.45 bits per heavy atom. The van der Waals surface area contributed by atoms with Crippen LogP contribution in [0.1, 0.15) is 40.0 Å². The number of methoxy groups -OCH3 is 2. The maximum absolute atomic E-state index is 6.12. The summed E-state index contributed by atoms with van der Waals surface area (Å²) in [5.74, 6) is 1.02. The topological polar surface area (TPSA) is 43.5 Å². The molecule has 0 aromatic rings. The lowest BCUT2D eigenvalue weighted by atomic mass is 9.80. The molecule has 3 rings (SSSR count). The molecule has 2 unspecified atom stereocenters. The Hall–Kier alpha value is -0.160. The van der Waals surface area contributed by atoms with Crippen molar-refractivity contribution in [3.63, 3.8) is 0 Å². The van der Waals surface area contributed by atoms with Crippen LogP contribution in [0.2, 0.25) is 0 Å². The molecular weight excluding hydrogens is 256 g/mol. The van der Waals surface area contributed by atoms with Gasteiger partial charge >= 0.3 is 0 Å². The summed E-state index contributed by atoms with van der Waals surface area (Å²) < 4.78 is 23.3. The maximum atomic E-state index is 6.12. The maximum Gasteiger partial charge on any atom is 0.102 e. The molecule has 0 bridgehead atoms. The summed E-state index contributed by atoms with van der Waals surface area (Å²) in [4.78, 5) is 0. The first-order valence-electron chi connectivity index (χ1n) is 7.84. The Bertz CT molecular complexity index is 365. The third-order valence-electron chi connectivity index (χ3n) is 5.50. The highest BCUT2D eigenvalue weighted by atomic mass is 16.6. The van der Waals surface area contributed by atoms with Crippen LogP contribution in [0.3, 0.4) is 0 Å². The quantitative estimate of drug-likeness (QED) is 0.703. The van der Waals surface area contributed by atoms with Gasteiger partial charge in [0.1, 0.15) is 11.2 Å². The van der Waals surface area contributed by atoms with E-state index in [2.05, 4.69) is 20.8 Å². The Kier molecular flexibility index (Phi) is 3.65. The van der Waals surface area contributed by atoms with Gasteiger partial charge in [-0.1, -0.05) is 13.8 Å². The van der Waals surface area contributed by atoms with E-state index in [1.165, 1.54) is 6.42 Å². The minimum atomic E-state index is -0.0979. The highest BCUT2D eigenvalue weighted by molar-refractivity contribution is 5.22. The lowest BCUT2D eigenvalue weighted by molar-refractivity contribution is -0.0504. The van der Waals surface area contributed by atoms with E-state index >= 15 is 0 Å². The van der Waals surface area contributed by atoms with Gasteiger partial charge in [-0.2, -0.15) is 0 Å². The predicted molar refractivity (Wildman–Crippen MR) is 75.7 cm³/mol. The molecule has 1 spiro atoms. The highest BCUT2D eigenvalue weighted by Crippen LogP contribution is 2.61. The highest BCUT2D eigenvalue weighted by Gasteiger charge is 2.74. The minimum Gasteiger partial charge on any atom is -0.379 e. The summed E-state index contributed by atoms with van der Waals surface area (Å²) in [7, 11) is 3.54. The molecular formula is C16H28O4. The van der Waals surface area contributed by atoms with Gasteiger partial charge in [0, 0.05) is 20.6 Å². The molecule has 2 aliphatic heterocycles. The second kappa shape index (κ2) is 4.94. The largest absolute Gasteiger partial charge is 0.379 e. The molecule has 4 nitrogen and oxygen atoms in total. The van der Waals surface area contributed by atoms with E-state index in [-0.39, 0.29) is 23.4 Å². The molecule has 0 amide bonds. The van der Waals surface area contributed by atoms with Crippen molar-refractivity contribution in [1.29, 1.82) is 0 Å². The average Bonchev–Trinajstić information content (AvgIpc) is 3.26. The van der Waals surface area contributed by atoms with E-state index in [1.54, 1.807) is 14.2 Å². The van der Waals surface area contributed by atoms with E-state index in [9.17, 15) is 0 Å². The summed E-state index contributed by atoms with van der Waals surface area (Å²) in [5.41, 5.74) is -0.151. The molecule has 3 aliphatic rings. The van der Waals surface area contributed by atoms with Crippen LogP contribution < -0.4 is 0 Å². The van der Waals surface area contributed by atoms with Gasteiger partial charge in [-0.05, 0) is 25.7 Å². The molecule has 2 saturated heterocycles. The summed E-state index contributed by atoms with van der Waals surface area (Å²) in [6, 6.07) is 0. The first-order chi connectivity index (χ1) is 9.47. The van der Waals surface area contributed by atoms with Gasteiger partial charge in [-0.25, -0.2) is 0 Å². The van der Waals surface area contributed by atoms with Gasteiger partial charge in [0.25, 0.3) is 0 Å². The normalized spacial score (nSPS) is 50.1. The molecule has 4 heteroatoms. The van der Waals surface area contributed by atoms with Crippen molar-refractivity contribution < 1.29 is 18.9 Å². The summed E-state index contributed by atoms with van der Waals surface area (Å²) in [6.45, 7) is 7.59. The van der Waals surface area contributed by atoms with Crippen LogP contribution in [-0.4, -0.2) is 50.3 Å². The van der Waals surface area contributed by atoms with Gasteiger partial charge in [0.2, 0.25) is 0 Å². The average molecular weight is 284 g/mol. The Morgan fingerprint density at radius 2 is 1.95 bits per heavy atom. The van der Waals surface area contributed by atoms with Crippen molar-refractivity contribution in [2.75, 3.05) is 20.8 Å². The van der Waals surface area contributed by atoms with Crippen LogP contribution in [0, 0.1) is 11.8 Å². The molecule has 0 aromatic carbocycles. The third kappa shape index (κ3) is 2.21. The smallest absolute Gasteiger partial charge is 0.102 e. The van der Waals surface area contributed by atoms with Crippen LogP contribution in [0.15, 0.2) is 0 Å². The number of ether oxygens (including phenoxy) is 4. The first kappa shape index (κ1) is 14.8. The van der Waals surface area contributed by atoms with Crippen molar-refractivity contribution in [3.05, 3.63) is 0 Å². The number of hydrogen-bond donors (Lipinski definition) is 0. The Morgan fingerprint density at radius 1 is 1.25 bits per heavy atom. The van der Waals surface area contributed by atoms with E-state index in [4.69, 9.17) is 18.9 Å². The zero-order valence-corrected chi connectivity index (χ0v) is 13.3. The van der Waals surface area contributed by atoms with Crippen LogP contribution in [0.25, 0.3) is 0 Å². The van der Waals surface area contributed by atoms with Crippen LogP contribution in [-0.2, 0) is 18.9 Å². The lowest BCUT2D eigenvalue weighted by Crippen LogP contribution is -2.42. The molecule has 20 heavy (non-hydrogen) atoms. The Balaban J connectivity index is 1.72. The molecule has 6 atom stereocenters. The second-order valence-electron chi connectivity index (χ2n) is 7.27. The van der Waals surface area contributed by atoms with Crippen molar-refractivity contribution in [2.45, 2.75) is 69.5 Å². The van der Waals surface area contributed by atoms with E-state index in [0.717, 1.165) is 25.4 Å². The van der Waals surface area contributed by atoms with Crippen molar-refractivity contribution in [3.8, 4) is 0 Å². The van der Waals surface area contributed by atoms with E-state index in [1.807, 2.05) is 0 Å². The number of hydrogen-bond acceptors (Lipinski definition) is 4. The first-order valence-corrected chi connectivity index (χ1v) is 7.84. The minimum absolute atomic E-state index is 0.0529. The van der Waals surface area contributed by atoms with Crippen LogP contribution >= 0.6 is 0 Å². The molecule has 116 valence electrons. The van der Waals surface area contributed by atoms with Gasteiger partial charge in [0.15, 0.2) is 0 Å². The molecule has 0 radical (unpaired) electrons. The van der Waals surface area contributed by atoms with Crippen LogP contribution in [0.5, 0.6) is 0 Å². The summed E-state index contributed by atoms with van der Waals surface area (Å²) >= 11 is 0. The second-order valence-corrected chi connectivity index (χ2v) is 7.27. The summed E-state index contributed by atoms with van der Waals surface area (Å²) in [5, 5.41) is 0. The monoisotopic (exact) mass is 284 g/mol. The molecule has 1 aliphatic carbocycles. The third-order valence-corrected chi connectivity index (χ3v) is 5.50. The molecule has 3 fully saturated rings. The lowest BCUT2D eigenvalue weighted by Gasteiger charge is -2.27. The zero-order chi connectivity index (χ0) is 14.5. The predicted octanol–water partition coefficient (Wildman–Crippen LogP) is 2.40. The van der Waals surface area contributed by atoms with E-state index < -0.39 is 0 Å².